The molecule has 0 unspecified atom stereocenters. The van der Waals surface area contributed by atoms with Crippen LogP contribution in [0.4, 0.5) is 0 Å². The van der Waals surface area contributed by atoms with E-state index in [4.69, 9.17) is 37.9 Å². The minimum absolute atomic E-state index is 0.00568. The summed E-state index contributed by atoms with van der Waals surface area (Å²) < 4.78 is 50.8. The topological polar surface area (TPSA) is 142 Å². The molecule has 0 aliphatic heterocycles. The van der Waals surface area contributed by atoms with E-state index < -0.39 is 23.9 Å². The molecule has 0 aromatic heterocycles. The van der Waals surface area contributed by atoms with Gasteiger partial charge in [-0.25, -0.2) is 19.2 Å². The highest BCUT2D eigenvalue weighted by Crippen LogP contribution is 2.42. The van der Waals surface area contributed by atoms with Crippen LogP contribution in [0.1, 0.15) is 225 Å². The zero-order valence-corrected chi connectivity index (χ0v) is 55.0. The number of ether oxygens (including phenoxy) is 8. The van der Waals surface area contributed by atoms with Crippen molar-refractivity contribution in [3.05, 3.63) is 164 Å². The van der Waals surface area contributed by atoms with Crippen molar-refractivity contribution in [1.82, 2.24) is 0 Å². The van der Waals surface area contributed by atoms with Crippen LogP contribution in [-0.4, -0.2) is 76.7 Å². The fourth-order valence-corrected chi connectivity index (χ4v) is 11.1. The van der Waals surface area contributed by atoms with Gasteiger partial charge in [-0.2, -0.15) is 0 Å². The molecular formula is C76H104O12. The Hall–Kier alpha value is -7.08. The van der Waals surface area contributed by atoms with Gasteiger partial charge in [-0.15, -0.1) is 0 Å². The fourth-order valence-electron chi connectivity index (χ4n) is 11.1. The van der Waals surface area contributed by atoms with Crippen LogP contribution in [0.2, 0.25) is 0 Å². The van der Waals surface area contributed by atoms with Crippen molar-refractivity contribution in [2.45, 2.75) is 209 Å². The van der Waals surface area contributed by atoms with Crippen molar-refractivity contribution < 1.29 is 57.1 Å². The highest BCUT2D eigenvalue weighted by Gasteiger charge is 2.26. The molecule has 1 aliphatic rings. The van der Waals surface area contributed by atoms with E-state index in [9.17, 15) is 19.2 Å². The van der Waals surface area contributed by atoms with Crippen LogP contribution in [0.25, 0.3) is 0 Å². The van der Waals surface area contributed by atoms with Crippen molar-refractivity contribution in [3.63, 3.8) is 0 Å². The average Bonchev–Trinajstić information content (AvgIpc) is 1.08. The van der Waals surface area contributed by atoms with Gasteiger partial charge in [0.2, 0.25) is 0 Å². The second kappa shape index (κ2) is 39.0. The maximum atomic E-state index is 12.8. The molecule has 12 heteroatoms. The summed E-state index contributed by atoms with van der Waals surface area (Å²) in [5.41, 5.74) is 13.5. The normalized spacial score (nSPS) is 11.7. The zero-order valence-electron chi connectivity index (χ0n) is 55.0. The Labute approximate surface area is 527 Å². The molecule has 0 fully saturated rings. The maximum absolute atomic E-state index is 12.8. The van der Waals surface area contributed by atoms with Gasteiger partial charge < -0.3 is 37.9 Å². The monoisotopic (exact) mass is 1210 g/mol. The Morgan fingerprint density at radius 1 is 0.295 bits per heavy atom. The summed E-state index contributed by atoms with van der Waals surface area (Å²) in [7, 11) is 0. The first-order valence-corrected chi connectivity index (χ1v) is 32.9. The Morgan fingerprint density at radius 3 is 0.636 bits per heavy atom. The lowest BCUT2D eigenvalue weighted by molar-refractivity contribution is -0.140. The molecule has 8 bridgehead atoms. The Kier molecular flexibility index (Phi) is 31.8. The maximum Gasteiger partial charge on any atom is 0.333 e. The summed E-state index contributed by atoms with van der Waals surface area (Å²) in [6, 6.07) is 18.3. The summed E-state index contributed by atoms with van der Waals surface area (Å²) in [6.07, 6.45) is 22.4. The molecule has 0 saturated carbocycles. The second-order valence-electron chi connectivity index (χ2n) is 24.0. The minimum atomic E-state index is -0.487. The van der Waals surface area contributed by atoms with Gasteiger partial charge in [-0.1, -0.05) is 180 Å². The number of fused-ring (bicyclic) bond motifs is 8. The summed E-state index contributed by atoms with van der Waals surface area (Å²) >= 11 is 0. The van der Waals surface area contributed by atoms with E-state index in [0.717, 1.165) is 173 Å². The standard InChI is InChI=1S/C76H104O12/c1-13-17-21-25-29-57-41-61-49-63-43-58(30-26-22-18-14-2)45-65(70(63)82-34-38-86-74(78)54(7)8)51-67-47-60(32-28-24-20-16-4)48-68(72(67)84-36-40-88-76(80)56(11)12)52-66-46-59(31-27-23-19-15-3)44-64(71(66)83-35-39-87-75(79)55(9)10)50-62(42-57)69(61)81-33-37-85-73(77)53(5)6/h41-48H,5,7,9,11,13-40,49-52H2,1-4,6,8,10,12H3. The fraction of sp³-hybridized carbons (Fsp3) is 0.526. The number of hydrogen-bond acceptors (Lipinski definition) is 12. The molecule has 0 radical (unpaired) electrons. The first-order valence-electron chi connectivity index (χ1n) is 32.9. The average molecular weight is 1210 g/mol. The van der Waals surface area contributed by atoms with E-state index >= 15 is 0 Å². The molecule has 0 heterocycles. The van der Waals surface area contributed by atoms with Crippen molar-refractivity contribution in [2.24, 2.45) is 0 Å². The van der Waals surface area contributed by atoms with Crippen LogP contribution in [0, 0.1) is 0 Å². The number of carbonyl (C=O) groups excluding carboxylic acids is 4. The lowest BCUT2D eigenvalue weighted by atomic mass is 9.87. The van der Waals surface area contributed by atoms with Gasteiger partial charge in [0.25, 0.3) is 0 Å². The molecule has 5 rings (SSSR count). The molecule has 0 amide bonds. The third-order valence-corrected chi connectivity index (χ3v) is 15.7. The number of unbranched alkanes of at least 4 members (excludes halogenated alkanes) is 12. The summed E-state index contributed by atoms with van der Waals surface area (Å²) in [5.74, 6) is 0.790. The van der Waals surface area contributed by atoms with Crippen molar-refractivity contribution in [1.29, 1.82) is 0 Å². The predicted molar refractivity (Wildman–Crippen MR) is 353 cm³/mol. The molecule has 480 valence electrons. The number of esters is 4. The van der Waals surface area contributed by atoms with E-state index in [0.29, 0.717) is 71.0 Å². The van der Waals surface area contributed by atoms with Gasteiger partial charge in [0.1, 0.15) is 75.9 Å². The molecule has 0 spiro atoms. The molecular weight excluding hydrogens is 1100 g/mol. The SMILES string of the molecule is C=C(C)C(=O)OCCOc1c2cc(CCCCCC)cc1Cc1cc(CCCCCC)cc(c1OCCOC(=O)C(=C)C)Cc1cc(CCCCCC)cc(c1OCCOC(=O)C(=C)C)Cc1cc(CCCCCC)cc(c1OCCOC(=O)C(=C)C)C2. The minimum Gasteiger partial charge on any atom is -0.489 e. The summed E-state index contributed by atoms with van der Waals surface area (Å²) in [5, 5.41) is 0. The number of aryl methyl sites for hydroxylation is 4. The van der Waals surface area contributed by atoms with E-state index in [1.54, 1.807) is 27.7 Å². The van der Waals surface area contributed by atoms with E-state index in [1.807, 2.05) is 0 Å². The lowest BCUT2D eigenvalue weighted by Gasteiger charge is -2.25. The smallest absolute Gasteiger partial charge is 0.333 e. The van der Waals surface area contributed by atoms with Crippen LogP contribution in [0.5, 0.6) is 23.0 Å². The Balaban J connectivity index is 1.94. The van der Waals surface area contributed by atoms with Crippen molar-refractivity contribution in [3.8, 4) is 23.0 Å². The van der Waals surface area contributed by atoms with Crippen LogP contribution >= 0.6 is 0 Å². The molecule has 0 saturated heterocycles. The van der Waals surface area contributed by atoms with Crippen molar-refractivity contribution in [2.75, 3.05) is 52.9 Å². The first-order chi connectivity index (χ1) is 42.5. The van der Waals surface area contributed by atoms with Crippen LogP contribution < -0.4 is 18.9 Å². The number of rotatable bonds is 40. The molecule has 4 aromatic carbocycles. The number of hydrogen-bond donors (Lipinski definition) is 0. The van der Waals surface area contributed by atoms with Crippen molar-refractivity contribution >= 4 is 23.9 Å². The summed E-state index contributed by atoms with van der Waals surface area (Å²) in [6.45, 7) is 31.0. The first kappa shape index (κ1) is 71.7. The van der Waals surface area contributed by atoms with Gasteiger partial charge in [-0.3, -0.25) is 0 Å². The van der Waals surface area contributed by atoms with Crippen LogP contribution in [-0.2, 0) is 89.5 Å². The largest absolute Gasteiger partial charge is 0.489 e. The molecule has 1 aliphatic carbocycles. The third-order valence-electron chi connectivity index (χ3n) is 15.7. The summed E-state index contributed by atoms with van der Waals surface area (Å²) in [4.78, 5) is 51.3. The van der Waals surface area contributed by atoms with Crippen LogP contribution in [0.3, 0.4) is 0 Å². The van der Waals surface area contributed by atoms with Gasteiger partial charge in [0.15, 0.2) is 0 Å². The lowest BCUT2D eigenvalue weighted by Crippen LogP contribution is -2.17. The van der Waals surface area contributed by atoms with E-state index in [2.05, 4.69) is 103 Å². The van der Waals surface area contributed by atoms with Gasteiger partial charge in [0, 0.05) is 48.0 Å². The van der Waals surface area contributed by atoms with E-state index in [1.165, 1.54) is 22.3 Å². The third kappa shape index (κ3) is 24.1. The highest BCUT2D eigenvalue weighted by molar-refractivity contribution is 5.88. The van der Waals surface area contributed by atoms with Gasteiger partial charge in [-0.05, 0) is 146 Å². The van der Waals surface area contributed by atoms with Crippen LogP contribution in [0.15, 0.2) is 97.1 Å². The number of benzene rings is 4. The van der Waals surface area contributed by atoms with Gasteiger partial charge in [0.05, 0.1) is 0 Å². The number of carbonyl (C=O) groups is 4. The quantitative estimate of drug-likeness (QED) is 0.0159. The predicted octanol–water partition coefficient (Wildman–Crippen LogP) is 16.8. The van der Waals surface area contributed by atoms with Gasteiger partial charge >= 0.3 is 23.9 Å². The molecule has 4 aromatic rings. The molecule has 0 N–H and O–H groups in total. The Bertz CT molecular complexity index is 2490. The van der Waals surface area contributed by atoms with E-state index in [-0.39, 0.29) is 52.9 Å². The zero-order chi connectivity index (χ0) is 63.8. The molecule has 12 nitrogen and oxygen atoms in total. The molecule has 0 atom stereocenters. The second-order valence-corrected chi connectivity index (χ2v) is 24.0. The molecule has 88 heavy (non-hydrogen) atoms. The highest BCUT2D eigenvalue weighted by atomic mass is 16.6. The Morgan fingerprint density at radius 2 is 0.477 bits per heavy atom.